The molecule has 0 atom stereocenters. The average Bonchev–Trinajstić information content (AvgIpc) is 2.58. The fourth-order valence-corrected chi connectivity index (χ4v) is 3.96. The lowest BCUT2D eigenvalue weighted by molar-refractivity contribution is -0.112. The number of amides is 1. The molecule has 0 spiro atoms. The molecule has 1 aliphatic heterocycles. The van der Waals surface area contributed by atoms with Crippen molar-refractivity contribution >= 4 is 43.4 Å². The Morgan fingerprint density at radius 1 is 1.22 bits per heavy atom. The lowest BCUT2D eigenvalue weighted by Crippen LogP contribution is -2.32. The molecule has 0 unspecified atom stereocenters. The molecule has 0 aromatic heterocycles. The first kappa shape index (κ1) is 19.2. The highest BCUT2D eigenvalue weighted by atomic mass is 79.9. The number of nitrogens with one attached hydrogen (secondary N) is 1. The van der Waals surface area contributed by atoms with Crippen LogP contribution in [0.4, 0.5) is 10.1 Å². The summed E-state index contributed by atoms with van der Waals surface area (Å²) in [5, 5.41) is 2.71. The van der Waals surface area contributed by atoms with Crippen LogP contribution in [0.5, 0.6) is 0 Å². The molecule has 2 aromatic rings. The van der Waals surface area contributed by atoms with Crippen LogP contribution >= 0.6 is 15.9 Å². The average molecular weight is 452 g/mol. The van der Waals surface area contributed by atoms with E-state index in [4.69, 9.17) is 0 Å². The summed E-state index contributed by atoms with van der Waals surface area (Å²) < 4.78 is 43.1. The molecule has 0 aliphatic carbocycles. The van der Waals surface area contributed by atoms with E-state index in [1.54, 1.807) is 18.2 Å². The predicted octanol–water partition coefficient (Wildman–Crippen LogP) is 3.63. The number of nitrogens with zero attached hydrogens (tertiary/aromatic N) is 2. The quantitative estimate of drug-likeness (QED) is 0.770. The van der Waals surface area contributed by atoms with E-state index < -0.39 is 21.9 Å². The van der Waals surface area contributed by atoms with Crippen molar-refractivity contribution < 1.29 is 17.6 Å². The predicted molar refractivity (Wildman–Crippen MR) is 105 cm³/mol. The third-order valence-electron chi connectivity index (χ3n) is 3.79. The number of hydrogen-bond donors (Lipinski definition) is 1. The van der Waals surface area contributed by atoms with Crippen molar-refractivity contribution in [3.8, 4) is 0 Å². The lowest BCUT2D eigenvalue weighted by Gasteiger charge is -2.23. The molecule has 9 heteroatoms. The van der Waals surface area contributed by atoms with Gasteiger partial charge in [-0.05, 0) is 42.8 Å². The van der Waals surface area contributed by atoms with Gasteiger partial charge < -0.3 is 5.32 Å². The van der Waals surface area contributed by atoms with Crippen LogP contribution in [-0.2, 0) is 21.5 Å². The molecule has 1 heterocycles. The van der Waals surface area contributed by atoms with Crippen LogP contribution < -0.4 is 5.32 Å². The van der Waals surface area contributed by atoms with E-state index in [-0.39, 0.29) is 17.8 Å². The fourth-order valence-electron chi connectivity index (χ4n) is 2.46. The summed E-state index contributed by atoms with van der Waals surface area (Å²) in [5.41, 5.74) is 1.35. The van der Waals surface area contributed by atoms with Crippen molar-refractivity contribution in [2.45, 2.75) is 13.5 Å². The SMILES string of the molecule is CC1=NS(=O)(=O)N(Cc2ccc(F)cc2)C=C1C(=O)Nc1cccc(Br)c1. The molecule has 140 valence electrons. The smallest absolute Gasteiger partial charge is 0.322 e. The Morgan fingerprint density at radius 3 is 2.59 bits per heavy atom. The van der Waals surface area contributed by atoms with Gasteiger partial charge in [0, 0.05) is 16.4 Å². The van der Waals surface area contributed by atoms with E-state index >= 15 is 0 Å². The van der Waals surface area contributed by atoms with Crippen molar-refractivity contribution in [2.75, 3.05) is 5.32 Å². The molecule has 2 aromatic carbocycles. The molecule has 1 amide bonds. The molecule has 0 bridgehead atoms. The molecule has 0 saturated carbocycles. The van der Waals surface area contributed by atoms with Gasteiger partial charge in [-0.25, -0.2) is 4.39 Å². The van der Waals surface area contributed by atoms with E-state index in [2.05, 4.69) is 25.6 Å². The van der Waals surface area contributed by atoms with E-state index in [0.717, 1.165) is 8.78 Å². The number of rotatable bonds is 4. The number of benzene rings is 2. The van der Waals surface area contributed by atoms with E-state index in [1.165, 1.54) is 37.4 Å². The van der Waals surface area contributed by atoms with E-state index in [0.29, 0.717) is 11.3 Å². The highest BCUT2D eigenvalue weighted by Gasteiger charge is 2.28. The number of anilines is 1. The van der Waals surface area contributed by atoms with Gasteiger partial charge in [0.1, 0.15) is 5.82 Å². The Kier molecular flexibility index (Phi) is 5.43. The van der Waals surface area contributed by atoms with Gasteiger partial charge in [0.05, 0.1) is 17.8 Å². The highest BCUT2D eigenvalue weighted by Crippen LogP contribution is 2.22. The largest absolute Gasteiger partial charge is 0.344 e. The molecular formula is C18H15BrFN3O3S. The monoisotopic (exact) mass is 451 g/mol. The summed E-state index contributed by atoms with van der Waals surface area (Å²) >= 11 is 3.32. The van der Waals surface area contributed by atoms with Crippen molar-refractivity contribution in [1.29, 1.82) is 0 Å². The van der Waals surface area contributed by atoms with Crippen molar-refractivity contribution in [3.05, 3.63) is 76.2 Å². The first-order valence-electron chi connectivity index (χ1n) is 7.86. The highest BCUT2D eigenvalue weighted by molar-refractivity contribution is 9.10. The summed E-state index contributed by atoms with van der Waals surface area (Å²) in [4.78, 5) is 12.6. The van der Waals surface area contributed by atoms with E-state index in [1.807, 2.05) is 6.07 Å². The second-order valence-electron chi connectivity index (χ2n) is 5.83. The lowest BCUT2D eigenvalue weighted by atomic mass is 10.1. The van der Waals surface area contributed by atoms with Crippen LogP contribution in [0.2, 0.25) is 0 Å². The minimum absolute atomic E-state index is 0.0624. The molecule has 0 radical (unpaired) electrons. The van der Waals surface area contributed by atoms with Crippen LogP contribution in [0.25, 0.3) is 0 Å². The van der Waals surface area contributed by atoms with Gasteiger partial charge in [-0.1, -0.05) is 34.1 Å². The zero-order chi connectivity index (χ0) is 19.6. The normalized spacial score (nSPS) is 15.7. The first-order valence-corrected chi connectivity index (χ1v) is 10.1. The first-order chi connectivity index (χ1) is 12.7. The number of hydrogen-bond acceptors (Lipinski definition) is 3. The fraction of sp³-hybridized carbons (Fsp3) is 0.111. The maximum atomic E-state index is 13.0. The summed E-state index contributed by atoms with van der Waals surface area (Å²) in [7, 11) is -3.96. The van der Waals surface area contributed by atoms with Crippen LogP contribution in [0.15, 0.2) is 69.2 Å². The second-order valence-corrected chi connectivity index (χ2v) is 8.30. The zero-order valence-corrected chi connectivity index (χ0v) is 16.6. The molecule has 0 saturated heterocycles. The Hall–Kier alpha value is -2.52. The molecular weight excluding hydrogens is 437 g/mol. The number of carbonyl (C=O) groups is 1. The van der Waals surface area contributed by atoms with Crippen LogP contribution in [-0.4, -0.2) is 24.3 Å². The van der Waals surface area contributed by atoms with Crippen molar-refractivity contribution in [2.24, 2.45) is 4.40 Å². The number of carbonyl (C=O) groups excluding carboxylic acids is 1. The molecule has 6 nitrogen and oxygen atoms in total. The van der Waals surface area contributed by atoms with Gasteiger partial charge in [-0.15, -0.1) is 4.40 Å². The summed E-state index contributed by atoms with van der Waals surface area (Å²) in [5.74, 6) is -0.896. The standard InChI is InChI=1S/C18H15BrFN3O3S/c1-12-17(18(24)21-16-4-2-3-14(19)9-16)11-23(27(25,26)22-12)10-13-5-7-15(20)8-6-13/h2-9,11H,10H2,1H3,(H,21,24). The van der Waals surface area contributed by atoms with Crippen LogP contribution in [0.1, 0.15) is 12.5 Å². The third kappa shape index (κ3) is 4.61. The van der Waals surface area contributed by atoms with Gasteiger partial charge in [-0.2, -0.15) is 8.42 Å². The maximum absolute atomic E-state index is 13.0. The van der Waals surface area contributed by atoms with Gasteiger partial charge >= 0.3 is 10.2 Å². The summed E-state index contributed by atoms with van der Waals surface area (Å²) in [6, 6.07) is 12.5. The van der Waals surface area contributed by atoms with Gasteiger partial charge in [0.25, 0.3) is 5.91 Å². The zero-order valence-electron chi connectivity index (χ0n) is 14.2. The van der Waals surface area contributed by atoms with Crippen molar-refractivity contribution in [3.63, 3.8) is 0 Å². The minimum Gasteiger partial charge on any atom is -0.322 e. The van der Waals surface area contributed by atoms with Crippen LogP contribution in [0.3, 0.4) is 0 Å². The Bertz CT molecular complexity index is 1050. The Balaban J connectivity index is 1.86. The second kappa shape index (κ2) is 7.61. The maximum Gasteiger partial charge on any atom is 0.344 e. The Labute approximate surface area is 164 Å². The summed E-state index contributed by atoms with van der Waals surface area (Å²) in [6.45, 7) is 1.40. The minimum atomic E-state index is -3.96. The molecule has 3 rings (SSSR count). The summed E-state index contributed by atoms with van der Waals surface area (Å²) in [6.07, 6.45) is 1.24. The third-order valence-corrected chi connectivity index (χ3v) is 5.62. The molecule has 27 heavy (non-hydrogen) atoms. The van der Waals surface area contributed by atoms with E-state index in [9.17, 15) is 17.6 Å². The molecule has 1 N–H and O–H groups in total. The van der Waals surface area contributed by atoms with Gasteiger partial charge in [-0.3, -0.25) is 9.10 Å². The van der Waals surface area contributed by atoms with Crippen LogP contribution in [0, 0.1) is 5.82 Å². The van der Waals surface area contributed by atoms with Crippen molar-refractivity contribution in [1.82, 2.24) is 4.31 Å². The Morgan fingerprint density at radius 2 is 1.93 bits per heavy atom. The topological polar surface area (TPSA) is 78.8 Å². The molecule has 0 fully saturated rings. The van der Waals surface area contributed by atoms with Gasteiger partial charge in [0.2, 0.25) is 0 Å². The van der Waals surface area contributed by atoms with Gasteiger partial charge in [0.15, 0.2) is 0 Å². The molecule has 1 aliphatic rings. The number of halogens is 2.